The Morgan fingerprint density at radius 1 is 1.64 bits per heavy atom. The minimum Gasteiger partial charge on any atom is -0.371 e. The summed E-state index contributed by atoms with van der Waals surface area (Å²) >= 11 is 0. The first-order chi connectivity index (χ1) is 5.08. The van der Waals surface area contributed by atoms with Gasteiger partial charge in [-0.2, -0.15) is 0 Å². The largest absolute Gasteiger partial charge is 0.371 e. The van der Waals surface area contributed by atoms with Crippen LogP contribution in [0.2, 0.25) is 0 Å². The molecule has 2 unspecified atom stereocenters. The lowest BCUT2D eigenvalue weighted by Gasteiger charge is -2.33. The molecular formula is C9H16O2. The van der Waals surface area contributed by atoms with E-state index in [1.54, 1.807) is 7.11 Å². The van der Waals surface area contributed by atoms with Crippen molar-refractivity contribution < 1.29 is 9.53 Å². The summed E-state index contributed by atoms with van der Waals surface area (Å²) in [5, 5.41) is 0. The molecule has 1 aliphatic carbocycles. The summed E-state index contributed by atoms with van der Waals surface area (Å²) in [5.74, 6) is 0.885. The van der Waals surface area contributed by atoms with Crippen LogP contribution in [0.25, 0.3) is 0 Å². The van der Waals surface area contributed by atoms with Crippen LogP contribution in [-0.4, -0.2) is 18.5 Å². The summed E-state index contributed by atoms with van der Waals surface area (Å²) in [4.78, 5) is 11.4. The first-order valence-corrected chi connectivity index (χ1v) is 4.17. The molecule has 1 rings (SSSR count). The van der Waals surface area contributed by atoms with Crippen LogP contribution >= 0.6 is 0 Å². The highest BCUT2D eigenvalue weighted by Crippen LogP contribution is 2.31. The number of methoxy groups -OCH3 is 1. The van der Waals surface area contributed by atoms with Crippen molar-refractivity contribution in [2.75, 3.05) is 7.11 Å². The molecule has 0 saturated heterocycles. The van der Waals surface area contributed by atoms with Gasteiger partial charge in [0.1, 0.15) is 5.60 Å². The minimum absolute atomic E-state index is 0.262. The molecule has 2 nitrogen and oxygen atoms in total. The minimum atomic E-state index is -0.488. The van der Waals surface area contributed by atoms with Gasteiger partial charge in [-0.3, -0.25) is 4.79 Å². The number of hydrogen-bond acceptors (Lipinski definition) is 2. The Morgan fingerprint density at radius 2 is 2.27 bits per heavy atom. The molecule has 0 heterocycles. The van der Waals surface area contributed by atoms with Gasteiger partial charge in [0, 0.05) is 13.5 Å². The second kappa shape index (κ2) is 2.94. The molecule has 0 N–H and O–H groups in total. The molecule has 0 aromatic heterocycles. The predicted octanol–water partition coefficient (Wildman–Crippen LogP) is 1.78. The summed E-state index contributed by atoms with van der Waals surface area (Å²) in [5.41, 5.74) is -0.488. The third-order valence-electron chi connectivity index (χ3n) is 2.64. The van der Waals surface area contributed by atoms with Gasteiger partial charge in [0.05, 0.1) is 0 Å². The van der Waals surface area contributed by atoms with E-state index in [0.717, 1.165) is 12.8 Å². The number of carbonyl (C=O) groups excluding carboxylic acids is 1. The quantitative estimate of drug-likeness (QED) is 0.578. The van der Waals surface area contributed by atoms with Crippen molar-refractivity contribution in [2.24, 2.45) is 5.92 Å². The molecule has 2 heteroatoms. The molecular weight excluding hydrogens is 140 g/mol. The van der Waals surface area contributed by atoms with Gasteiger partial charge in [-0.15, -0.1) is 0 Å². The average Bonchev–Trinajstić information content (AvgIpc) is 1.98. The highest BCUT2D eigenvalue weighted by atomic mass is 16.5. The van der Waals surface area contributed by atoms with Gasteiger partial charge in [0.15, 0.2) is 5.78 Å². The number of hydrogen-bond donors (Lipinski definition) is 0. The van der Waals surface area contributed by atoms with Crippen molar-refractivity contribution in [1.82, 2.24) is 0 Å². The fourth-order valence-corrected chi connectivity index (χ4v) is 1.72. The first-order valence-electron chi connectivity index (χ1n) is 4.17. The summed E-state index contributed by atoms with van der Waals surface area (Å²) in [6.07, 6.45) is 2.59. The van der Waals surface area contributed by atoms with Crippen LogP contribution in [0, 0.1) is 5.92 Å². The molecule has 0 aromatic rings. The second-order valence-electron chi connectivity index (χ2n) is 3.71. The molecule has 1 aliphatic rings. The van der Waals surface area contributed by atoms with E-state index in [-0.39, 0.29) is 5.78 Å². The molecule has 0 amide bonds. The van der Waals surface area contributed by atoms with E-state index in [0.29, 0.717) is 12.3 Å². The lowest BCUT2D eigenvalue weighted by atomic mass is 9.79. The summed E-state index contributed by atoms with van der Waals surface area (Å²) in [6, 6.07) is 0. The average molecular weight is 156 g/mol. The maximum Gasteiger partial charge on any atom is 0.164 e. The van der Waals surface area contributed by atoms with E-state index in [1.165, 1.54) is 0 Å². The molecule has 64 valence electrons. The van der Waals surface area contributed by atoms with Gasteiger partial charge < -0.3 is 4.74 Å². The molecule has 0 spiro atoms. The van der Waals surface area contributed by atoms with E-state index in [4.69, 9.17) is 4.74 Å². The van der Waals surface area contributed by atoms with Crippen LogP contribution in [0.5, 0.6) is 0 Å². The number of Topliss-reactive ketones (excluding diaryl/α,β-unsaturated/α-hetero) is 1. The third-order valence-corrected chi connectivity index (χ3v) is 2.64. The molecule has 1 fully saturated rings. The number of rotatable bonds is 1. The van der Waals surface area contributed by atoms with Gasteiger partial charge >= 0.3 is 0 Å². The van der Waals surface area contributed by atoms with Crippen LogP contribution in [0.3, 0.4) is 0 Å². The van der Waals surface area contributed by atoms with Gasteiger partial charge in [-0.05, 0) is 25.7 Å². The molecule has 0 bridgehead atoms. The summed E-state index contributed by atoms with van der Waals surface area (Å²) in [6.45, 7) is 4.06. The zero-order chi connectivity index (χ0) is 8.48. The molecule has 1 saturated carbocycles. The van der Waals surface area contributed by atoms with Crippen LogP contribution in [0.4, 0.5) is 0 Å². The van der Waals surface area contributed by atoms with Crippen molar-refractivity contribution in [3.05, 3.63) is 0 Å². The Labute approximate surface area is 67.9 Å². The van der Waals surface area contributed by atoms with Gasteiger partial charge in [0.2, 0.25) is 0 Å². The van der Waals surface area contributed by atoms with E-state index < -0.39 is 5.60 Å². The van der Waals surface area contributed by atoms with Gasteiger partial charge in [0.25, 0.3) is 0 Å². The van der Waals surface area contributed by atoms with Crippen LogP contribution in [0.15, 0.2) is 0 Å². The highest BCUT2D eigenvalue weighted by molar-refractivity contribution is 5.87. The van der Waals surface area contributed by atoms with Crippen LogP contribution < -0.4 is 0 Å². The van der Waals surface area contributed by atoms with Gasteiger partial charge in [-0.1, -0.05) is 6.92 Å². The second-order valence-corrected chi connectivity index (χ2v) is 3.71. The van der Waals surface area contributed by atoms with Crippen molar-refractivity contribution >= 4 is 5.78 Å². The summed E-state index contributed by atoms with van der Waals surface area (Å²) < 4.78 is 5.21. The van der Waals surface area contributed by atoms with Crippen molar-refractivity contribution in [1.29, 1.82) is 0 Å². The third kappa shape index (κ3) is 1.62. The van der Waals surface area contributed by atoms with Crippen molar-refractivity contribution in [2.45, 2.75) is 38.7 Å². The number of ether oxygens (including phenoxy) is 1. The molecule has 0 radical (unpaired) electrons. The maximum atomic E-state index is 11.4. The van der Waals surface area contributed by atoms with E-state index >= 15 is 0 Å². The van der Waals surface area contributed by atoms with Crippen molar-refractivity contribution in [3.63, 3.8) is 0 Å². The number of ketones is 1. The van der Waals surface area contributed by atoms with Crippen LogP contribution in [-0.2, 0) is 9.53 Å². The summed E-state index contributed by atoms with van der Waals surface area (Å²) in [7, 11) is 1.62. The van der Waals surface area contributed by atoms with E-state index in [9.17, 15) is 4.79 Å². The Balaban J connectivity index is 2.68. The maximum absolute atomic E-state index is 11.4. The topological polar surface area (TPSA) is 26.3 Å². The Kier molecular flexibility index (Phi) is 2.33. The monoisotopic (exact) mass is 156 g/mol. The Bertz CT molecular complexity index is 165. The predicted molar refractivity (Wildman–Crippen MR) is 43.4 cm³/mol. The zero-order valence-electron chi connectivity index (χ0n) is 7.52. The Morgan fingerprint density at radius 3 is 2.73 bits per heavy atom. The lowest BCUT2D eigenvalue weighted by Crippen LogP contribution is -2.42. The lowest BCUT2D eigenvalue weighted by molar-refractivity contribution is -0.144. The Hall–Kier alpha value is -0.370. The normalized spacial score (nSPS) is 39.2. The number of carbonyl (C=O) groups is 1. The molecule has 11 heavy (non-hydrogen) atoms. The smallest absolute Gasteiger partial charge is 0.164 e. The van der Waals surface area contributed by atoms with E-state index in [1.807, 2.05) is 6.92 Å². The zero-order valence-corrected chi connectivity index (χ0v) is 7.52. The fourth-order valence-electron chi connectivity index (χ4n) is 1.72. The molecule has 0 aromatic carbocycles. The van der Waals surface area contributed by atoms with Crippen molar-refractivity contribution in [3.8, 4) is 0 Å². The highest BCUT2D eigenvalue weighted by Gasteiger charge is 2.37. The standard InChI is InChI=1S/C9H16O2/c1-7-4-5-8(10)9(2,6-7)11-3/h7H,4-6H2,1-3H3. The SMILES string of the molecule is COC1(C)CC(C)CCC1=O. The first kappa shape index (κ1) is 8.72. The molecule has 0 aliphatic heterocycles. The fraction of sp³-hybridized carbons (Fsp3) is 0.889. The molecule has 2 atom stereocenters. The van der Waals surface area contributed by atoms with Crippen LogP contribution in [0.1, 0.15) is 33.1 Å². The van der Waals surface area contributed by atoms with Gasteiger partial charge in [-0.25, -0.2) is 0 Å². The van der Waals surface area contributed by atoms with E-state index in [2.05, 4.69) is 6.92 Å².